The van der Waals surface area contributed by atoms with Gasteiger partial charge in [0.2, 0.25) is 0 Å². The molecule has 3 fully saturated rings. The van der Waals surface area contributed by atoms with Crippen LogP contribution in [0.15, 0.2) is 24.3 Å². The number of rotatable bonds is 4. The smallest absolute Gasteiger partial charge is 0.414 e. The number of fused-ring (bicyclic) bond motifs is 3. The van der Waals surface area contributed by atoms with Crippen molar-refractivity contribution >= 4 is 11.8 Å². The average molecular weight is 318 g/mol. The van der Waals surface area contributed by atoms with Crippen LogP contribution in [0.5, 0.6) is 5.75 Å². The highest BCUT2D eigenvalue weighted by molar-refractivity contribution is 5.88. The number of hydrogen-bond donors (Lipinski definition) is 0. The van der Waals surface area contributed by atoms with Gasteiger partial charge in [0.15, 0.2) is 0 Å². The third-order valence-corrected chi connectivity index (χ3v) is 4.89. The van der Waals surface area contributed by atoms with E-state index in [1.807, 2.05) is 38.1 Å². The van der Waals surface area contributed by atoms with Gasteiger partial charge in [-0.1, -0.05) is 6.07 Å². The summed E-state index contributed by atoms with van der Waals surface area (Å²) in [7, 11) is 1.63. The second-order valence-corrected chi connectivity index (χ2v) is 6.73. The molecule has 5 nitrogen and oxygen atoms in total. The molecule has 126 valence electrons. The first-order chi connectivity index (χ1) is 11.1. The van der Waals surface area contributed by atoms with E-state index in [1.165, 1.54) is 0 Å². The second-order valence-electron chi connectivity index (χ2n) is 6.73. The zero-order valence-electron chi connectivity index (χ0n) is 14.2. The van der Waals surface area contributed by atoms with Gasteiger partial charge in [-0.2, -0.15) is 0 Å². The Hall–Kier alpha value is -1.75. The molecule has 3 aliphatic heterocycles. The molecule has 1 aromatic rings. The normalized spacial score (nSPS) is 26.2. The Kier molecular flexibility index (Phi) is 4.76. The van der Waals surface area contributed by atoms with Crippen LogP contribution in [0.2, 0.25) is 0 Å². The minimum Gasteiger partial charge on any atom is -0.497 e. The van der Waals surface area contributed by atoms with Crippen molar-refractivity contribution in [2.24, 2.45) is 5.92 Å². The molecule has 4 rings (SSSR count). The number of nitrogens with zero attached hydrogens (tertiary/aromatic N) is 2. The monoisotopic (exact) mass is 318 g/mol. The molecule has 3 saturated heterocycles. The largest absolute Gasteiger partial charge is 0.497 e. The fourth-order valence-electron chi connectivity index (χ4n) is 3.61. The molecule has 0 radical (unpaired) electrons. The van der Waals surface area contributed by atoms with Gasteiger partial charge in [0.05, 0.1) is 12.8 Å². The number of methoxy groups -OCH3 is 1. The molecule has 3 aliphatic rings. The molecule has 0 aromatic heterocycles. The summed E-state index contributed by atoms with van der Waals surface area (Å²) in [6, 6.07) is 7.58. The van der Waals surface area contributed by atoms with Crippen LogP contribution in [0.1, 0.15) is 26.7 Å². The fraction of sp³-hybridized carbons (Fsp3) is 0.611. The maximum Gasteiger partial charge on any atom is 0.414 e. The van der Waals surface area contributed by atoms with E-state index in [0.717, 1.165) is 43.9 Å². The van der Waals surface area contributed by atoms with Gasteiger partial charge in [-0.05, 0) is 57.8 Å². The number of carbonyl (C=O) groups excluding carboxylic acids is 1. The summed E-state index contributed by atoms with van der Waals surface area (Å²) >= 11 is 0. The van der Waals surface area contributed by atoms with E-state index in [9.17, 15) is 4.79 Å². The molecule has 2 bridgehead atoms. The van der Waals surface area contributed by atoms with Gasteiger partial charge in [0.1, 0.15) is 11.9 Å². The van der Waals surface area contributed by atoms with Crippen LogP contribution >= 0.6 is 0 Å². The third kappa shape index (κ3) is 3.44. The minimum atomic E-state index is -0.257. The van der Waals surface area contributed by atoms with Crippen LogP contribution in [-0.4, -0.2) is 49.9 Å². The van der Waals surface area contributed by atoms with E-state index in [2.05, 4.69) is 4.90 Å². The van der Waals surface area contributed by atoms with E-state index >= 15 is 0 Å². The molecule has 1 atom stereocenters. The standard InChI is InChI=1S/C18H26N2O3/c1-13(2)20(15-5-4-6-16(11-15)22-3)18(21)23-17-12-19-9-7-14(17)8-10-19/h4-6,11,13-14,17H,7-10,12H2,1-3H3. The predicted octanol–water partition coefficient (Wildman–Crippen LogP) is 3.14. The van der Waals surface area contributed by atoms with Gasteiger partial charge in [-0.3, -0.25) is 9.80 Å². The van der Waals surface area contributed by atoms with Crippen LogP contribution in [0.4, 0.5) is 10.5 Å². The van der Waals surface area contributed by atoms with E-state index in [4.69, 9.17) is 9.47 Å². The highest BCUT2D eigenvalue weighted by Gasteiger charge is 2.37. The lowest BCUT2D eigenvalue weighted by Gasteiger charge is -2.44. The first-order valence-electron chi connectivity index (χ1n) is 8.44. The molecular weight excluding hydrogens is 292 g/mol. The van der Waals surface area contributed by atoms with E-state index < -0.39 is 0 Å². The molecule has 1 unspecified atom stereocenters. The lowest BCUT2D eigenvalue weighted by Crippen LogP contribution is -2.53. The zero-order valence-corrected chi connectivity index (χ0v) is 14.2. The summed E-state index contributed by atoms with van der Waals surface area (Å²) in [4.78, 5) is 16.9. The summed E-state index contributed by atoms with van der Waals surface area (Å²) < 4.78 is 11.2. The molecule has 23 heavy (non-hydrogen) atoms. The van der Waals surface area contributed by atoms with Crippen molar-refractivity contribution in [2.75, 3.05) is 31.6 Å². The Bertz CT molecular complexity index is 553. The third-order valence-electron chi connectivity index (χ3n) is 4.89. The lowest BCUT2D eigenvalue weighted by molar-refractivity contribution is -0.0313. The molecule has 1 amide bonds. The summed E-state index contributed by atoms with van der Waals surface area (Å²) in [5, 5.41) is 0. The Labute approximate surface area is 138 Å². The summed E-state index contributed by atoms with van der Waals surface area (Å²) in [5.74, 6) is 1.26. The van der Waals surface area contributed by atoms with Crippen molar-refractivity contribution in [2.45, 2.75) is 38.8 Å². The van der Waals surface area contributed by atoms with Gasteiger partial charge in [-0.25, -0.2) is 4.79 Å². The molecular formula is C18H26N2O3. The molecule has 0 N–H and O–H groups in total. The second kappa shape index (κ2) is 6.79. The van der Waals surface area contributed by atoms with Gasteiger partial charge in [0.25, 0.3) is 0 Å². The van der Waals surface area contributed by atoms with E-state index in [0.29, 0.717) is 5.92 Å². The fourth-order valence-corrected chi connectivity index (χ4v) is 3.61. The van der Waals surface area contributed by atoms with Crippen molar-refractivity contribution in [1.29, 1.82) is 0 Å². The van der Waals surface area contributed by atoms with Crippen molar-refractivity contribution in [1.82, 2.24) is 4.90 Å². The molecule has 1 aromatic carbocycles. The van der Waals surface area contributed by atoms with Gasteiger partial charge in [0, 0.05) is 18.7 Å². The number of hydrogen-bond acceptors (Lipinski definition) is 4. The Balaban J connectivity index is 1.74. The van der Waals surface area contributed by atoms with E-state index in [1.54, 1.807) is 12.0 Å². The first kappa shape index (κ1) is 16.1. The van der Waals surface area contributed by atoms with Crippen LogP contribution in [0, 0.1) is 5.92 Å². The number of anilines is 1. The van der Waals surface area contributed by atoms with Crippen molar-refractivity contribution < 1.29 is 14.3 Å². The SMILES string of the molecule is COc1cccc(N(C(=O)OC2CN3CCC2CC3)C(C)C)c1. The van der Waals surface area contributed by atoms with Crippen molar-refractivity contribution in [3.63, 3.8) is 0 Å². The zero-order chi connectivity index (χ0) is 16.4. The Morgan fingerprint density at radius 2 is 2.04 bits per heavy atom. The van der Waals surface area contributed by atoms with Crippen LogP contribution in [0.25, 0.3) is 0 Å². The molecule has 0 spiro atoms. The Morgan fingerprint density at radius 1 is 1.30 bits per heavy atom. The summed E-state index contributed by atoms with van der Waals surface area (Å²) in [5.41, 5.74) is 0.811. The molecule has 0 aliphatic carbocycles. The highest BCUT2D eigenvalue weighted by Crippen LogP contribution is 2.31. The van der Waals surface area contributed by atoms with Gasteiger partial charge in [-0.15, -0.1) is 0 Å². The van der Waals surface area contributed by atoms with E-state index in [-0.39, 0.29) is 18.2 Å². The van der Waals surface area contributed by atoms with Crippen LogP contribution in [-0.2, 0) is 4.74 Å². The number of benzene rings is 1. The molecule has 3 heterocycles. The average Bonchev–Trinajstić information content (AvgIpc) is 2.56. The maximum absolute atomic E-state index is 12.8. The number of carbonyl (C=O) groups is 1. The van der Waals surface area contributed by atoms with Crippen LogP contribution in [0.3, 0.4) is 0 Å². The number of amides is 1. The van der Waals surface area contributed by atoms with Gasteiger partial charge >= 0.3 is 6.09 Å². The highest BCUT2D eigenvalue weighted by atomic mass is 16.6. The predicted molar refractivity (Wildman–Crippen MR) is 90.0 cm³/mol. The topological polar surface area (TPSA) is 42.0 Å². The van der Waals surface area contributed by atoms with Crippen molar-refractivity contribution in [3.8, 4) is 5.75 Å². The number of piperidine rings is 3. The number of ether oxygens (including phenoxy) is 2. The lowest BCUT2D eigenvalue weighted by atomic mass is 9.86. The van der Waals surface area contributed by atoms with Crippen molar-refractivity contribution in [3.05, 3.63) is 24.3 Å². The first-order valence-corrected chi connectivity index (χ1v) is 8.44. The minimum absolute atomic E-state index is 0.0238. The van der Waals surface area contributed by atoms with Gasteiger partial charge < -0.3 is 9.47 Å². The quantitative estimate of drug-likeness (QED) is 0.855. The molecule has 0 saturated carbocycles. The van der Waals surface area contributed by atoms with Crippen LogP contribution < -0.4 is 9.64 Å². The Morgan fingerprint density at radius 3 is 2.61 bits per heavy atom. The molecule has 5 heteroatoms. The summed E-state index contributed by atoms with van der Waals surface area (Å²) in [6.45, 7) is 7.15. The summed E-state index contributed by atoms with van der Waals surface area (Å²) in [6.07, 6.45) is 2.04. The maximum atomic E-state index is 12.8.